The van der Waals surface area contributed by atoms with Crippen LogP contribution in [0.5, 0.6) is 5.75 Å². The number of rotatable bonds is 5. The second-order valence-electron chi connectivity index (χ2n) is 7.16. The number of aromatic nitrogens is 3. The van der Waals surface area contributed by atoms with Gasteiger partial charge in [-0.2, -0.15) is 0 Å². The van der Waals surface area contributed by atoms with E-state index < -0.39 is 5.91 Å². The number of carbonyl (C=O) groups excluding carboxylic acids is 1. The highest BCUT2D eigenvalue weighted by Gasteiger charge is 2.20. The third kappa shape index (κ3) is 4.44. The van der Waals surface area contributed by atoms with Crippen LogP contribution >= 0.6 is 11.6 Å². The molecule has 0 aliphatic heterocycles. The Morgan fingerprint density at radius 3 is 2.61 bits per heavy atom. The number of hydrogen-bond donors (Lipinski definition) is 1. The summed E-state index contributed by atoms with van der Waals surface area (Å²) < 4.78 is 6.88. The number of carbonyl (C=O) groups is 1. The van der Waals surface area contributed by atoms with E-state index in [1.807, 2.05) is 56.3 Å². The number of methoxy groups -OCH3 is 1. The van der Waals surface area contributed by atoms with Crippen molar-refractivity contribution in [2.45, 2.75) is 13.8 Å². The van der Waals surface area contributed by atoms with E-state index in [2.05, 4.69) is 15.4 Å². The molecule has 0 unspecified atom stereocenters. The number of nitrogens with one attached hydrogen (secondary N) is 1. The first kappa shape index (κ1) is 20.6. The van der Waals surface area contributed by atoms with Crippen LogP contribution in [0.3, 0.4) is 0 Å². The van der Waals surface area contributed by atoms with E-state index >= 15 is 0 Å². The second kappa shape index (κ2) is 8.62. The Morgan fingerprint density at radius 1 is 1.03 bits per heavy atom. The molecule has 0 aliphatic carbocycles. The van der Waals surface area contributed by atoms with Crippen molar-refractivity contribution >= 4 is 23.2 Å². The van der Waals surface area contributed by atoms with Crippen molar-refractivity contribution in [2.24, 2.45) is 0 Å². The fourth-order valence-corrected chi connectivity index (χ4v) is 3.41. The van der Waals surface area contributed by atoms with Gasteiger partial charge in [0.05, 0.1) is 12.8 Å². The maximum absolute atomic E-state index is 12.9. The fraction of sp³-hybridized carbons (Fsp3) is 0.125. The van der Waals surface area contributed by atoms with E-state index in [9.17, 15) is 4.79 Å². The molecule has 1 N–H and O–H groups in total. The number of nitrogens with zero attached hydrogens (tertiary/aromatic N) is 3. The van der Waals surface area contributed by atoms with Gasteiger partial charge in [-0.05, 0) is 49.7 Å². The van der Waals surface area contributed by atoms with Crippen molar-refractivity contribution in [3.63, 3.8) is 0 Å². The fourth-order valence-electron chi connectivity index (χ4n) is 3.25. The van der Waals surface area contributed by atoms with Crippen LogP contribution in [0.25, 0.3) is 17.1 Å². The molecule has 0 bridgehead atoms. The minimum Gasteiger partial charge on any atom is -0.497 e. The minimum absolute atomic E-state index is 0.0544. The molecule has 4 aromatic rings. The maximum atomic E-state index is 12.9. The number of amides is 1. The molecule has 0 fully saturated rings. The third-order valence-electron chi connectivity index (χ3n) is 4.81. The van der Waals surface area contributed by atoms with Crippen LogP contribution in [0.4, 0.5) is 5.69 Å². The first-order valence-corrected chi connectivity index (χ1v) is 10.1. The van der Waals surface area contributed by atoms with E-state index in [1.165, 1.54) is 0 Å². The average Bonchev–Trinajstić information content (AvgIpc) is 3.21. The predicted octanol–water partition coefficient (Wildman–Crippen LogP) is 5.47. The van der Waals surface area contributed by atoms with Gasteiger partial charge >= 0.3 is 0 Å². The molecule has 0 saturated carbocycles. The van der Waals surface area contributed by atoms with Gasteiger partial charge in [-0.25, -0.2) is 9.67 Å². The van der Waals surface area contributed by atoms with Gasteiger partial charge in [0.2, 0.25) is 5.82 Å². The lowest BCUT2D eigenvalue weighted by atomic mass is 10.1. The monoisotopic (exact) mass is 432 g/mol. The first-order chi connectivity index (χ1) is 14.9. The molecule has 3 aromatic carbocycles. The lowest BCUT2D eigenvalue weighted by molar-refractivity contribution is 0.101. The molecule has 4 rings (SSSR count). The topological polar surface area (TPSA) is 69.0 Å². The number of halogens is 1. The second-order valence-corrected chi connectivity index (χ2v) is 7.59. The van der Waals surface area contributed by atoms with E-state index in [0.717, 1.165) is 22.4 Å². The molecule has 156 valence electrons. The molecule has 1 heterocycles. The molecule has 0 radical (unpaired) electrons. The van der Waals surface area contributed by atoms with Gasteiger partial charge in [0.25, 0.3) is 5.91 Å². The Kier molecular flexibility index (Phi) is 5.73. The van der Waals surface area contributed by atoms with Crippen molar-refractivity contribution in [1.82, 2.24) is 14.8 Å². The highest BCUT2D eigenvalue weighted by Crippen LogP contribution is 2.26. The molecule has 1 amide bonds. The highest BCUT2D eigenvalue weighted by atomic mass is 35.5. The normalized spacial score (nSPS) is 10.7. The Hall–Kier alpha value is -3.64. The highest BCUT2D eigenvalue weighted by molar-refractivity contribution is 6.30. The summed E-state index contributed by atoms with van der Waals surface area (Å²) in [4.78, 5) is 17.5. The van der Waals surface area contributed by atoms with Crippen molar-refractivity contribution in [3.05, 3.63) is 88.7 Å². The van der Waals surface area contributed by atoms with Gasteiger partial charge in [0, 0.05) is 22.3 Å². The molecular formula is C24H21ClN4O2. The standard InChI is InChI=1S/C24H21ClN4O2/c1-15-6-4-7-17(12-15)23-27-22(24(30)26-19-8-5-9-20(14-19)31-3)28-29(23)21-13-18(25)11-10-16(21)2/h4-14H,1-3H3,(H,26,30). The quantitative estimate of drug-likeness (QED) is 0.454. The van der Waals surface area contributed by atoms with Gasteiger partial charge in [-0.15, -0.1) is 5.10 Å². The molecule has 0 atom stereocenters. The Morgan fingerprint density at radius 2 is 1.84 bits per heavy atom. The summed E-state index contributed by atoms with van der Waals surface area (Å²) in [6, 6.07) is 20.6. The van der Waals surface area contributed by atoms with Crippen LogP contribution in [-0.4, -0.2) is 27.8 Å². The summed E-state index contributed by atoms with van der Waals surface area (Å²) in [6.45, 7) is 3.97. The number of ether oxygens (including phenoxy) is 1. The number of anilines is 1. The van der Waals surface area contributed by atoms with Gasteiger partial charge in [0.15, 0.2) is 5.82 Å². The summed E-state index contributed by atoms with van der Waals surface area (Å²) in [5, 5.41) is 7.94. The van der Waals surface area contributed by atoms with Crippen molar-refractivity contribution in [1.29, 1.82) is 0 Å². The maximum Gasteiger partial charge on any atom is 0.295 e. The van der Waals surface area contributed by atoms with Crippen molar-refractivity contribution in [2.75, 3.05) is 12.4 Å². The summed E-state index contributed by atoms with van der Waals surface area (Å²) in [7, 11) is 1.58. The number of hydrogen-bond acceptors (Lipinski definition) is 4. The lowest BCUT2D eigenvalue weighted by Crippen LogP contribution is -2.14. The molecule has 0 aliphatic rings. The van der Waals surface area contributed by atoms with Crippen LogP contribution in [0.2, 0.25) is 5.02 Å². The first-order valence-electron chi connectivity index (χ1n) is 9.70. The zero-order valence-corrected chi connectivity index (χ0v) is 18.1. The number of benzene rings is 3. The van der Waals surface area contributed by atoms with Crippen LogP contribution < -0.4 is 10.1 Å². The van der Waals surface area contributed by atoms with Crippen LogP contribution in [0, 0.1) is 13.8 Å². The molecule has 1 aromatic heterocycles. The number of aryl methyl sites for hydroxylation is 2. The van der Waals surface area contributed by atoms with Gasteiger partial charge in [0.1, 0.15) is 5.75 Å². The third-order valence-corrected chi connectivity index (χ3v) is 5.05. The van der Waals surface area contributed by atoms with E-state index in [4.69, 9.17) is 16.3 Å². The average molecular weight is 433 g/mol. The van der Waals surface area contributed by atoms with Crippen LogP contribution in [0.1, 0.15) is 21.7 Å². The Labute approximate surface area is 185 Å². The van der Waals surface area contributed by atoms with Crippen LogP contribution in [0.15, 0.2) is 66.7 Å². The molecular weight excluding hydrogens is 412 g/mol. The summed E-state index contributed by atoms with van der Waals surface area (Å²) in [5.41, 5.74) is 4.25. The van der Waals surface area contributed by atoms with Crippen LogP contribution in [-0.2, 0) is 0 Å². The summed E-state index contributed by atoms with van der Waals surface area (Å²) in [5.74, 6) is 0.843. The zero-order chi connectivity index (χ0) is 22.0. The predicted molar refractivity (Wildman–Crippen MR) is 122 cm³/mol. The summed E-state index contributed by atoms with van der Waals surface area (Å²) in [6.07, 6.45) is 0. The van der Waals surface area contributed by atoms with Gasteiger partial charge in [-0.1, -0.05) is 47.5 Å². The van der Waals surface area contributed by atoms with Crippen molar-refractivity contribution < 1.29 is 9.53 Å². The van der Waals surface area contributed by atoms with E-state index in [1.54, 1.807) is 36.1 Å². The molecule has 6 nitrogen and oxygen atoms in total. The SMILES string of the molecule is COc1cccc(NC(=O)c2nc(-c3cccc(C)c3)n(-c3cc(Cl)ccc3C)n2)c1. The lowest BCUT2D eigenvalue weighted by Gasteiger charge is -2.10. The van der Waals surface area contributed by atoms with Gasteiger partial charge < -0.3 is 10.1 Å². The van der Waals surface area contributed by atoms with E-state index in [-0.39, 0.29) is 5.82 Å². The largest absolute Gasteiger partial charge is 0.497 e. The molecule has 0 saturated heterocycles. The Balaban J connectivity index is 1.79. The molecule has 31 heavy (non-hydrogen) atoms. The smallest absolute Gasteiger partial charge is 0.295 e. The Bertz CT molecular complexity index is 1270. The molecule has 7 heteroatoms. The van der Waals surface area contributed by atoms with E-state index in [0.29, 0.717) is 22.3 Å². The molecule has 0 spiro atoms. The summed E-state index contributed by atoms with van der Waals surface area (Å²) >= 11 is 6.24. The minimum atomic E-state index is -0.416. The van der Waals surface area contributed by atoms with Crippen molar-refractivity contribution in [3.8, 4) is 22.8 Å². The van der Waals surface area contributed by atoms with Gasteiger partial charge in [-0.3, -0.25) is 4.79 Å². The zero-order valence-electron chi connectivity index (χ0n) is 17.4.